The van der Waals surface area contributed by atoms with Crippen molar-refractivity contribution in [1.29, 1.82) is 0 Å². The topological polar surface area (TPSA) is 61.4 Å². The minimum atomic E-state index is 0.257. The number of guanidine groups is 1. The molecule has 136 valence electrons. The van der Waals surface area contributed by atoms with Gasteiger partial charge >= 0.3 is 0 Å². The quantitative estimate of drug-likeness (QED) is 0.548. The van der Waals surface area contributed by atoms with Crippen LogP contribution in [0.2, 0.25) is 0 Å². The van der Waals surface area contributed by atoms with Crippen LogP contribution in [0.15, 0.2) is 35.5 Å². The summed E-state index contributed by atoms with van der Waals surface area (Å²) in [6.45, 7) is 3.49. The number of fused-ring (bicyclic) bond motifs is 1. The van der Waals surface area contributed by atoms with E-state index in [1.54, 1.807) is 0 Å². The first-order valence-corrected chi connectivity index (χ1v) is 10.1. The predicted octanol–water partition coefficient (Wildman–Crippen LogP) is 2.79. The van der Waals surface area contributed by atoms with Gasteiger partial charge in [0.1, 0.15) is 0 Å². The summed E-state index contributed by atoms with van der Waals surface area (Å²) in [5, 5.41) is 8.24. The van der Waals surface area contributed by atoms with Crippen molar-refractivity contribution in [2.75, 3.05) is 39.6 Å². The predicted molar refractivity (Wildman–Crippen MR) is 108 cm³/mol. The van der Waals surface area contributed by atoms with Crippen molar-refractivity contribution in [2.24, 2.45) is 4.99 Å². The fourth-order valence-electron chi connectivity index (χ4n) is 3.32. The number of thioether (sulfide) groups is 1. The molecule has 3 N–H and O–H groups in total. The molecule has 6 heteroatoms. The van der Waals surface area contributed by atoms with Crippen molar-refractivity contribution in [2.45, 2.75) is 24.0 Å². The van der Waals surface area contributed by atoms with Gasteiger partial charge < -0.3 is 20.4 Å². The molecular formula is C19H28N4OS. The van der Waals surface area contributed by atoms with Crippen LogP contribution in [0.5, 0.6) is 0 Å². The molecule has 1 aromatic carbocycles. The van der Waals surface area contributed by atoms with Crippen LogP contribution in [-0.2, 0) is 11.2 Å². The van der Waals surface area contributed by atoms with Gasteiger partial charge in [-0.2, -0.15) is 11.8 Å². The molecule has 2 aromatic rings. The molecular weight excluding hydrogens is 332 g/mol. The smallest absolute Gasteiger partial charge is 0.191 e. The van der Waals surface area contributed by atoms with Gasteiger partial charge in [-0.25, -0.2) is 0 Å². The Labute approximate surface area is 154 Å². The zero-order valence-corrected chi connectivity index (χ0v) is 15.9. The summed E-state index contributed by atoms with van der Waals surface area (Å²) in [6, 6.07) is 8.43. The second-order valence-corrected chi connectivity index (χ2v) is 7.74. The summed E-state index contributed by atoms with van der Waals surface area (Å²) >= 11 is 1.94. The number of aliphatic imine (C=N–C) groups is 1. The number of benzene rings is 1. The Morgan fingerprint density at radius 3 is 2.84 bits per heavy atom. The molecule has 5 nitrogen and oxygen atoms in total. The molecule has 1 aromatic heterocycles. The number of para-hydroxylation sites is 1. The largest absolute Gasteiger partial charge is 0.381 e. The van der Waals surface area contributed by atoms with Crippen LogP contribution in [0, 0.1) is 0 Å². The van der Waals surface area contributed by atoms with Crippen molar-refractivity contribution in [1.82, 2.24) is 15.6 Å². The molecule has 1 aliphatic heterocycles. The number of ether oxygens (including phenoxy) is 1. The Balaban J connectivity index is 1.49. The van der Waals surface area contributed by atoms with Crippen molar-refractivity contribution in [3.05, 3.63) is 36.0 Å². The Morgan fingerprint density at radius 2 is 2.08 bits per heavy atom. The Bertz CT molecular complexity index is 706. The van der Waals surface area contributed by atoms with Crippen molar-refractivity contribution < 1.29 is 4.74 Å². The lowest BCUT2D eigenvalue weighted by molar-refractivity contribution is 0.0783. The van der Waals surface area contributed by atoms with Crippen molar-refractivity contribution in [3.63, 3.8) is 0 Å². The van der Waals surface area contributed by atoms with E-state index in [9.17, 15) is 0 Å². The van der Waals surface area contributed by atoms with Crippen LogP contribution in [0.3, 0.4) is 0 Å². The molecule has 0 amide bonds. The number of aromatic amines is 1. The second kappa shape index (κ2) is 8.63. The van der Waals surface area contributed by atoms with E-state index in [0.29, 0.717) is 0 Å². The number of rotatable bonds is 6. The summed E-state index contributed by atoms with van der Waals surface area (Å²) in [5.74, 6) is 0.875. The molecule has 25 heavy (non-hydrogen) atoms. The number of nitrogens with zero attached hydrogens (tertiary/aromatic N) is 1. The highest BCUT2D eigenvalue weighted by Gasteiger charge is 2.31. The van der Waals surface area contributed by atoms with Gasteiger partial charge in [-0.3, -0.25) is 4.99 Å². The zero-order chi connectivity index (χ0) is 17.5. The maximum atomic E-state index is 5.51. The first kappa shape index (κ1) is 18.1. The van der Waals surface area contributed by atoms with Gasteiger partial charge in [-0.15, -0.1) is 0 Å². The summed E-state index contributed by atoms with van der Waals surface area (Å²) < 4.78 is 5.77. The molecule has 0 atom stereocenters. The standard InChI is InChI=1S/C19H28N4OS/c1-20-18(23-14-19(25-2)8-11-24-12-9-19)21-10-7-15-13-22-17-6-4-3-5-16(15)17/h3-6,13,22H,7-12,14H2,1-2H3,(H2,20,21,23). The lowest BCUT2D eigenvalue weighted by Crippen LogP contribution is -2.48. The number of aromatic nitrogens is 1. The minimum Gasteiger partial charge on any atom is -0.381 e. The Morgan fingerprint density at radius 1 is 1.28 bits per heavy atom. The summed E-state index contributed by atoms with van der Waals surface area (Å²) in [5.41, 5.74) is 2.53. The van der Waals surface area contributed by atoms with Crippen molar-refractivity contribution in [3.8, 4) is 0 Å². The molecule has 0 spiro atoms. The molecule has 3 rings (SSSR count). The summed E-state index contributed by atoms with van der Waals surface area (Å²) in [6.07, 6.45) is 7.45. The van der Waals surface area contributed by atoms with Gasteiger partial charge in [0.05, 0.1) is 0 Å². The molecule has 2 heterocycles. The molecule has 1 saturated heterocycles. The zero-order valence-electron chi connectivity index (χ0n) is 15.1. The van der Waals surface area contributed by atoms with Gasteiger partial charge in [-0.05, 0) is 37.1 Å². The van der Waals surface area contributed by atoms with Crippen LogP contribution in [0.1, 0.15) is 18.4 Å². The van der Waals surface area contributed by atoms with Gasteiger partial charge in [0.2, 0.25) is 0 Å². The number of hydrogen-bond donors (Lipinski definition) is 3. The van der Waals surface area contributed by atoms with Crippen LogP contribution in [0.4, 0.5) is 0 Å². The third-order valence-electron chi connectivity index (χ3n) is 5.00. The first-order chi connectivity index (χ1) is 12.3. The van der Waals surface area contributed by atoms with E-state index in [-0.39, 0.29) is 4.75 Å². The molecule has 1 fully saturated rings. The number of hydrogen-bond acceptors (Lipinski definition) is 3. The van der Waals surface area contributed by atoms with Crippen LogP contribution in [-0.4, -0.2) is 55.3 Å². The molecule has 0 bridgehead atoms. The average Bonchev–Trinajstić information content (AvgIpc) is 3.08. The molecule has 0 unspecified atom stereocenters. The van der Waals surface area contributed by atoms with E-state index in [1.807, 2.05) is 18.8 Å². The van der Waals surface area contributed by atoms with E-state index in [1.165, 1.54) is 16.5 Å². The van der Waals surface area contributed by atoms with Crippen LogP contribution in [0.25, 0.3) is 10.9 Å². The third-order valence-corrected chi connectivity index (χ3v) is 6.42. The third kappa shape index (κ3) is 4.50. The molecule has 1 aliphatic rings. The first-order valence-electron chi connectivity index (χ1n) is 8.89. The highest BCUT2D eigenvalue weighted by molar-refractivity contribution is 8.00. The van der Waals surface area contributed by atoms with E-state index in [4.69, 9.17) is 4.74 Å². The Kier molecular flexibility index (Phi) is 6.26. The highest BCUT2D eigenvalue weighted by atomic mass is 32.2. The normalized spacial score (nSPS) is 17.6. The fourth-order valence-corrected chi connectivity index (χ4v) is 4.11. The SMILES string of the molecule is CN=C(NCCc1c[nH]c2ccccc12)NCC1(SC)CCOCC1. The minimum absolute atomic E-state index is 0.257. The average molecular weight is 361 g/mol. The molecule has 0 saturated carbocycles. The lowest BCUT2D eigenvalue weighted by Gasteiger charge is -2.36. The summed E-state index contributed by atoms with van der Waals surface area (Å²) in [7, 11) is 1.83. The van der Waals surface area contributed by atoms with Gasteiger partial charge in [0.15, 0.2) is 5.96 Å². The van der Waals surface area contributed by atoms with Crippen LogP contribution >= 0.6 is 11.8 Å². The maximum Gasteiger partial charge on any atom is 0.191 e. The Hall–Kier alpha value is -1.66. The van der Waals surface area contributed by atoms with E-state index in [0.717, 1.165) is 51.5 Å². The number of H-pyrrole nitrogens is 1. The highest BCUT2D eigenvalue weighted by Crippen LogP contribution is 2.32. The van der Waals surface area contributed by atoms with E-state index in [2.05, 4.69) is 57.3 Å². The second-order valence-electron chi connectivity index (χ2n) is 6.46. The van der Waals surface area contributed by atoms with Gasteiger partial charge in [0, 0.05) is 55.2 Å². The van der Waals surface area contributed by atoms with Crippen molar-refractivity contribution >= 4 is 28.6 Å². The van der Waals surface area contributed by atoms with Crippen LogP contribution < -0.4 is 10.6 Å². The monoisotopic (exact) mass is 360 g/mol. The van der Waals surface area contributed by atoms with E-state index >= 15 is 0 Å². The number of nitrogens with one attached hydrogen (secondary N) is 3. The molecule has 0 aliphatic carbocycles. The summed E-state index contributed by atoms with van der Waals surface area (Å²) in [4.78, 5) is 7.70. The van der Waals surface area contributed by atoms with Gasteiger partial charge in [0.25, 0.3) is 0 Å². The maximum absolute atomic E-state index is 5.51. The van der Waals surface area contributed by atoms with E-state index < -0.39 is 0 Å². The fraction of sp³-hybridized carbons (Fsp3) is 0.526. The van der Waals surface area contributed by atoms with Gasteiger partial charge in [-0.1, -0.05) is 18.2 Å². The lowest BCUT2D eigenvalue weighted by atomic mass is 9.99. The molecule has 0 radical (unpaired) electrons.